The number of morpholine rings is 1. The highest BCUT2D eigenvalue weighted by Gasteiger charge is 2.11. The van der Waals surface area contributed by atoms with Gasteiger partial charge in [-0.3, -0.25) is 4.90 Å². The third kappa shape index (κ3) is 4.94. The molecule has 1 unspecified atom stereocenters. The van der Waals surface area contributed by atoms with Gasteiger partial charge in [0.05, 0.1) is 13.2 Å². The Balaban J connectivity index is 2.06. The quantitative estimate of drug-likeness (QED) is 0.719. The molecule has 14 heavy (non-hydrogen) atoms. The van der Waals surface area contributed by atoms with Crippen LogP contribution in [-0.2, 0) is 4.74 Å². The Kier molecular flexibility index (Phi) is 5.45. The maximum Gasteiger partial charge on any atom is 0.0594 e. The molecule has 0 saturated carbocycles. The van der Waals surface area contributed by atoms with Crippen LogP contribution in [0.5, 0.6) is 0 Å². The molecule has 1 aliphatic heterocycles. The highest BCUT2D eigenvalue weighted by Crippen LogP contribution is 2.00. The monoisotopic (exact) mass is 200 g/mol. The van der Waals surface area contributed by atoms with Crippen LogP contribution >= 0.6 is 0 Å². The molecule has 0 spiro atoms. The standard InChI is InChI=1S/C11H24N2O/c1-10(2)12-11(3)4-5-13-6-8-14-9-7-13/h10-12H,4-9H2,1-3H3. The predicted octanol–water partition coefficient (Wildman–Crippen LogP) is 1.10. The second kappa shape index (κ2) is 6.38. The molecule has 84 valence electrons. The third-order valence-electron chi connectivity index (χ3n) is 2.60. The minimum atomic E-state index is 0.592. The van der Waals surface area contributed by atoms with E-state index in [1.807, 2.05) is 0 Å². The van der Waals surface area contributed by atoms with Crippen LogP contribution in [0.1, 0.15) is 27.2 Å². The zero-order valence-corrected chi connectivity index (χ0v) is 9.75. The smallest absolute Gasteiger partial charge is 0.0594 e. The van der Waals surface area contributed by atoms with Crippen molar-refractivity contribution >= 4 is 0 Å². The molecule has 1 atom stereocenters. The third-order valence-corrected chi connectivity index (χ3v) is 2.60. The number of ether oxygens (including phenoxy) is 1. The molecule has 3 heteroatoms. The van der Waals surface area contributed by atoms with E-state index >= 15 is 0 Å². The molecule has 0 bridgehead atoms. The van der Waals surface area contributed by atoms with Crippen molar-refractivity contribution in [3.63, 3.8) is 0 Å². The molecular weight excluding hydrogens is 176 g/mol. The molecule has 3 nitrogen and oxygen atoms in total. The summed E-state index contributed by atoms with van der Waals surface area (Å²) < 4.78 is 5.31. The fraction of sp³-hybridized carbons (Fsp3) is 1.00. The summed E-state index contributed by atoms with van der Waals surface area (Å²) in [7, 11) is 0. The number of hydrogen-bond acceptors (Lipinski definition) is 3. The second-order valence-electron chi connectivity index (χ2n) is 4.47. The lowest BCUT2D eigenvalue weighted by atomic mass is 10.2. The summed E-state index contributed by atoms with van der Waals surface area (Å²) >= 11 is 0. The topological polar surface area (TPSA) is 24.5 Å². The summed E-state index contributed by atoms with van der Waals surface area (Å²) in [5, 5.41) is 3.52. The lowest BCUT2D eigenvalue weighted by molar-refractivity contribution is 0.0363. The Morgan fingerprint density at radius 3 is 2.43 bits per heavy atom. The van der Waals surface area contributed by atoms with E-state index in [4.69, 9.17) is 4.74 Å². The van der Waals surface area contributed by atoms with E-state index in [0.717, 1.165) is 26.3 Å². The first-order valence-electron chi connectivity index (χ1n) is 5.74. The summed E-state index contributed by atoms with van der Waals surface area (Å²) in [5.41, 5.74) is 0. The minimum absolute atomic E-state index is 0.592. The molecule has 1 fully saturated rings. The largest absolute Gasteiger partial charge is 0.379 e. The van der Waals surface area contributed by atoms with Gasteiger partial charge in [-0.1, -0.05) is 13.8 Å². The van der Waals surface area contributed by atoms with E-state index in [2.05, 4.69) is 31.0 Å². The first-order valence-corrected chi connectivity index (χ1v) is 5.74. The molecule has 1 rings (SSSR count). The highest BCUT2D eigenvalue weighted by atomic mass is 16.5. The lowest BCUT2D eigenvalue weighted by Crippen LogP contribution is -2.40. The van der Waals surface area contributed by atoms with Gasteiger partial charge in [-0.2, -0.15) is 0 Å². The zero-order valence-electron chi connectivity index (χ0n) is 9.75. The molecule has 0 aromatic carbocycles. The molecule has 1 saturated heterocycles. The van der Waals surface area contributed by atoms with Gasteiger partial charge in [0.15, 0.2) is 0 Å². The van der Waals surface area contributed by atoms with Gasteiger partial charge < -0.3 is 10.1 Å². The Labute approximate surface area is 87.8 Å². The van der Waals surface area contributed by atoms with E-state index in [0.29, 0.717) is 12.1 Å². The zero-order chi connectivity index (χ0) is 10.4. The summed E-state index contributed by atoms with van der Waals surface area (Å²) in [5.74, 6) is 0. The summed E-state index contributed by atoms with van der Waals surface area (Å²) in [6, 6.07) is 1.22. The van der Waals surface area contributed by atoms with Crippen LogP contribution in [0.2, 0.25) is 0 Å². The van der Waals surface area contributed by atoms with Gasteiger partial charge in [0.25, 0.3) is 0 Å². The van der Waals surface area contributed by atoms with Gasteiger partial charge in [0.2, 0.25) is 0 Å². The number of nitrogens with zero attached hydrogens (tertiary/aromatic N) is 1. The number of rotatable bonds is 5. The Hall–Kier alpha value is -0.120. The van der Waals surface area contributed by atoms with Crippen molar-refractivity contribution in [1.29, 1.82) is 0 Å². The number of hydrogen-bond donors (Lipinski definition) is 1. The van der Waals surface area contributed by atoms with Crippen molar-refractivity contribution in [2.45, 2.75) is 39.3 Å². The lowest BCUT2D eigenvalue weighted by Gasteiger charge is -2.28. The van der Waals surface area contributed by atoms with Crippen LogP contribution in [0.4, 0.5) is 0 Å². The molecule has 1 N–H and O–H groups in total. The van der Waals surface area contributed by atoms with E-state index < -0.39 is 0 Å². The van der Waals surface area contributed by atoms with Gasteiger partial charge in [-0.25, -0.2) is 0 Å². The Morgan fingerprint density at radius 1 is 1.21 bits per heavy atom. The molecule has 0 radical (unpaired) electrons. The first kappa shape index (κ1) is 12.0. The number of nitrogens with one attached hydrogen (secondary N) is 1. The van der Waals surface area contributed by atoms with Gasteiger partial charge >= 0.3 is 0 Å². The van der Waals surface area contributed by atoms with Crippen LogP contribution in [0.25, 0.3) is 0 Å². The average Bonchev–Trinajstić information content (AvgIpc) is 2.15. The van der Waals surface area contributed by atoms with Gasteiger partial charge in [-0.15, -0.1) is 0 Å². The summed E-state index contributed by atoms with van der Waals surface area (Å²) in [4.78, 5) is 2.49. The Morgan fingerprint density at radius 2 is 1.86 bits per heavy atom. The fourth-order valence-electron chi connectivity index (χ4n) is 1.85. The van der Waals surface area contributed by atoms with Crippen molar-refractivity contribution < 1.29 is 4.74 Å². The van der Waals surface area contributed by atoms with Gasteiger partial charge in [0, 0.05) is 25.2 Å². The predicted molar refractivity (Wildman–Crippen MR) is 59.6 cm³/mol. The average molecular weight is 200 g/mol. The van der Waals surface area contributed by atoms with Crippen molar-refractivity contribution in [3.8, 4) is 0 Å². The molecule has 0 amide bonds. The summed E-state index contributed by atoms with van der Waals surface area (Å²) in [6.07, 6.45) is 1.23. The summed E-state index contributed by atoms with van der Waals surface area (Å²) in [6.45, 7) is 11.9. The molecule has 1 aliphatic rings. The van der Waals surface area contributed by atoms with E-state index in [-0.39, 0.29) is 0 Å². The van der Waals surface area contributed by atoms with Crippen molar-refractivity contribution in [3.05, 3.63) is 0 Å². The van der Waals surface area contributed by atoms with Crippen molar-refractivity contribution in [2.24, 2.45) is 0 Å². The van der Waals surface area contributed by atoms with E-state index in [1.54, 1.807) is 0 Å². The van der Waals surface area contributed by atoms with Gasteiger partial charge in [0.1, 0.15) is 0 Å². The molecule has 0 aliphatic carbocycles. The van der Waals surface area contributed by atoms with Crippen LogP contribution in [0, 0.1) is 0 Å². The first-order chi connectivity index (χ1) is 6.68. The van der Waals surface area contributed by atoms with Crippen LogP contribution < -0.4 is 5.32 Å². The second-order valence-corrected chi connectivity index (χ2v) is 4.47. The molecule has 0 aromatic heterocycles. The maximum absolute atomic E-state index is 5.31. The van der Waals surface area contributed by atoms with Crippen LogP contribution in [0.3, 0.4) is 0 Å². The maximum atomic E-state index is 5.31. The fourth-order valence-corrected chi connectivity index (χ4v) is 1.85. The van der Waals surface area contributed by atoms with Crippen molar-refractivity contribution in [2.75, 3.05) is 32.8 Å². The van der Waals surface area contributed by atoms with E-state index in [9.17, 15) is 0 Å². The highest BCUT2D eigenvalue weighted by molar-refractivity contribution is 4.68. The SMILES string of the molecule is CC(C)NC(C)CCN1CCOCC1. The molecule has 1 heterocycles. The Bertz CT molecular complexity index is 144. The normalized spacial score (nSPS) is 21.4. The van der Waals surface area contributed by atoms with Crippen molar-refractivity contribution in [1.82, 2.24) is 10.2 Å². The molecule has 0 aromatic rings. The minimum Gasteiger partial charge on any atom is -0.379 e. The molecular formula is C11H24N2O. The van der Waals surface area contributed by atoms with Gasteiger partial charge in [-0.05, 0) is 19.9 Å². The van der Waals surface area contributed by atoms with Crippen LogP contribution in [0.15, 0.2) is 0 Å². The van der Waals surface area contributed by atoms with Crippen LogP contribution in [-0.4, -0.2) is 49.8 Å². The van der Waals surface area contributed by atoms with E-state index in [1.165, 1.54) is 13.0 Å².